The Labute approximate surface area is 296 Å². The highest BCUT2D eigenvalue weighted by molar-refractivity contribution is 7.81. The first-order valence-electron chi connectivity index (χ1n) is 16.1. The summed E-state index contributed by atoms with van der Waals surface area (Å²) >= 11 is 0. The molecule has 7 radical (unpaired) electrons. The van der Waals surface area contributed by atoms with Gasteiger partial charge < -0.3 is 0 Å². The van der Waals surface area contributed by atoms with Crippen LogP contribution >= 0.6 is 0 Å². The second kappa shape index (κ2) is 16.3. The second-order valence-electron chi connectivity index (χ2n) is 11.7. The molecule has 0 aliphatic carbocycles. The van der Waals surface area contributed by atoms with Crippen molar-refractivity contribution in [3.05, 3.63) is 165 Å². The molecule has 49 heavy (non-hydrogen) atoms. The summed E-state index contributed by atoms with van der Waals surface area (Å²) in [5, 5.41) is 0. The van der Waals surface area contributed by atoms with E-state index in [0.717, 1.165) is 33.4 Å². The lowest BCUT2D eigenvalue weighted by Crippen LogP contribution is -2.43. The largest absolute Gasteiger partial charge is 0.264 e. The van der Waals surface area contributed by atoms with Crippen LogP contribution in [0.25, 0.3) is 66.8 Å². The summed E-state index contributed by atoms with van der Waals surface area (Å²) in [5.41, 5.74) is 13.8. The van der Waals surface area contributed by atoms with Crippen molar-refractivity contribution < 1.29 is 0 Å². The van der Waals surface area contributed by atoms with Crippen LogP contribution < -0.4 is 0 Å². The number of rotatable bonds is 8. The highest BCUT2D eigenvalue weighted by Gasteiger charge is 2.10. The first-order chi connectivity index (χ1) is 24.0. The zero-order chi connectivity index (χ0) is 34.0. The molecule has 3 heterocycles. The average molecular weight is 615 g/mol. The van der Waals surface area contributed by atoms with E-state index in [1.165, 1.54) is 33.4 Å². The van der Waals surface area contributed by atoms with Gasteiger partial charge in [0, 0.05) is 88.0 Å². The number of pyridine rings is 3. The Morgan fingerprint density at radius 1 is 0.408 bits per heavy atom. The van der Waals surface area contributed by atoms with E-state index in [0.29, 0.717) is 0 Å². The smallest absolute Gasteiger partial charge is 0.0346 e. The minimum atomic E-state index is -0.225. The van der Waals surface area contributed by atoms with Crippen LogP contribution in [0.2, 0.25) is 0 Å². The molecule has 0 N–H and O–H groups in total. The molecule has 4 aromatic carbocycles. The number of nitrogens with zero attached hydrogens (tertiary/aromatic N) is 3. The maximum absolute atomic E-state index is 5.31. The van der Waals surface area contributed by atoms with E-state index in [4.69, 9.17) is 15.5 Å². The van der Waals surface area contributed by atoms with Crippen LogP contribution in [0.4, 0.5) is 0 Å². The highest BCUT2D eigenvalue weighted by Crippen LogP contribution is 2.35. The zero-order valence-electron chi connectivity index (χ0n) is 27.2. The van der Waals surface area contributed by atoms with Crippen molar-refractivity contribution in [2.75, 3.05) is 0 Å². The third-order valence-corrected chi connectivity index (χ3v) is 8.34. The Hall–Kier alpha value is -5.22. The highest BCUT2D eigenvalue weighted by atomic mass is 14.6. The van der Waals surface area contributed by atoms with E-state index in [9.17, 15) is 0 Å². The maximum atomic E-state index is 5.31. The number of hydrogen-bond donors (Lipinski definition) is 0. The Balaban J connectivity index is 0.000000540. The van der Waals surface area contributed by atoms with Gasteiger partial charge in [-0.05, 0) is 103 Å². The van der Waals surface area contributed by atoms with Crippen molar-refractivity contribution in [1.82, 2.24) is 15.0 Å². The molecule has 0 aliphatic rings. The predicted octanol–water partition coefficient (Wildman–Crippen LogP) is 6.67. The van der Waals surface area contributed by atoms with Gasteiger partial charge in [0.25, 0.3) is 0 Å². The Morgan fingerprint density at radius 3 is 0.857 bits per heavy atom. The number of aromatic nitrogens is 3. The van der Waals surface area contributed by atoms with E-state index < -0.39 is 0 Å². The first-order valence-corrected chi connectivity index (χ1v) is 16.1. The molecule has 3 aromatic heterocycles. The molecule has 7 aromatic rings. The lowest BCUT2D eigenvalue weighted by molar-refractivity contribution is 1.33. The molecule has 0 fully saturated rings. The third kappa shape index (κ3) is 8.63. The van der Waals surface area contributed by atoms with Crippen molar-refractivity contribution in [2.45, 2.75) is 0 Å². The van der Waals surface area contributed by atoms with Crippen LogP contribution in [-0.2, 0) is 0 Å². The molecular formula is C39H29B7N3. The van der Waals surface area contributed by atoms with Gasteiger partial charge in [-0.2, -0.15) is 0 Å². The summed E-state index contributed by atoms with van der Waals surface area (Å²) in [6, 6.07) is 45.2. The van der Waals surface area contributed by atoms with E-state index in [2.05, 4.69) is 140 Å². The second-order valence-corrected chi connectivity index (χ2v) is 11.7. The van der Waals surface area contributed by atoms with Crippen molar-refractivity contribution in [3.63, 3.8) is 0 Å². The van der Waals surface area contributed by atoms with Crippen LogP contribution in [0.1, 0.15) is 0 Å². The molecule has 0 unspecified atom stereocenters. The van der Waals surface area contributed by atoms with Crippen molar-refractivity contribution in [2.24, 2.45) is 0 Å². The molecular weight excluding hydrogens is 586 g/mol. The SMILES string of the molecule is [B]B([BH])B([B])[B][BH].c1cncc(-c2ccc(-c3cc(-c4ccc(-c5cccnc5)cc4)cc(-c4ccc(-c5cccnc5)cc4)c3)cc2)c1. The average Bonchev–Trinajstić information content (AvgIpc) is 3.19. The van der Waals surface area contributed by atoms with Crippen molar-refractivity contribution in [3.8, 4) is 66.8 Å². The monoisotopic (exact) mass is 616 g/mol. The fourth-order valence-electron chi connectivity index (χ4n) is 5.47. The summed E-state index contributed by atoms with van der Waals surface area (Å²) in [6.45, 7) is 0. The van der Waals surface area contributed by atoms with Gasteiger partial charge in [0.1, 0.15) is 0 Å². The lowest BCUT2D eigenvalue weighted by atomic mass is 8.76. The van der Waals surface area contributed by atoms with Gasteiger partial charge in [0.2, 0.25) is 0 Å². The molecule has 0 spiro atoms. The van der Waals surface area contributed by atoms with Crippen molar-refractivity contribution >= 4 is 50.8 Å². The molecule has 3 nitrogen and oxygen atoms in total. The minimum absolute atomic E-state index is 0.167. The molecule has 7 rings (SSSR count). The first kappa shape index (κ1) is 33.7. The fourth-order valence-corrected chi connectivity index (χ4v) is 5.47. The van der Waals surface area contributed by atoms with Gasteiger partial charge in [-0.15, -0.1) is 0 Å². The van der Waals surface area contributed by atoms with E-state index in [1.807, 2.05) is 36.8 Å². The van der Waals surface area contributed by atoms with Gasteiger partial charge in [-0.3, -0.25) is 15.0 Å². The molecule has 10 heteroatoms. The third-order valence-electron chi connectivity index (χ3n) is 8.34. The standard InChI is InChI=1S/C39H27N3.B7H2/c1-4-34(25-40-19-1)28-7-13-31(14-8-28)37-22-38(32-15-9-29(10-16-32)35-5-2-20-41-26-35)24-39(23-37)33-17-11-30(12-18-33)36-6-3-21-42-27-36;1-5-7(4)6(2)3/h1-27H;1-2H. The Morgan fingerprint density at radius 2 is 0.673 bits per heavy atom. The van der Waals surface area contributed by atoms with E-state index in [1.54, 1.807) is 25.7 Å². The van der Waals surface area contributed by atoms with Crippen LogP contribution in [0, 0.1) is 0 Å². The van der Waals surface area contributed by atoms with Gasteiger partial charge >= 0.3 is 0 Å². The molecule has 0 saturated carbocycles. The van der Waals surface area contributed by atoms with Crippen molar-refractivity contribution in [1.29, 1.82) is 0 Å². The molecule has 221 valence electrons. The summed E-state index contributed by atoms with van der Waals surface area (Å²) in [6.07, 6.45) is 10.7. The quantitative estimate of drug-likeness (QED) is 0.179. The molecule has 0 aliphatic heterocycles. The van der Waals surface area contributed by atoms with Gasteiger partial charge in [-0.25, -0.2) is 0 Å². The normalized spacial score (nSPS) is 10.4. The van der Waals surface area contributed by atoms with Crippen LogP contribution in [0.5, 0.6) is 0 Å². The molecule has 0 atom stereocenters. The van der Waals surface area contributed by atoms with Gasteiger partial charge in [0.05, 0.1) is 0 Å². The van der Waals surface area contributed by atoms with Crippen LogP contribution in [0.15, 0.2) is 165 Å². The number of hydrogen-bond acceptors (Lipinski definition) is 3. The fraction of sp³-hybridized carbons (Fsp3) is 0. The van der Waals surface area contributed by atoms with Crippen LogP contribution in [-0.4, -0.2) is 65.7 Å². The lowest BCUT2D eigenvalue weighted by Gasteiger charge is -2.13. The molecule has 0 bridgehead atoms. The van der Waals surface area contributed by atoms with Gasteiger partial charge in [0.15, 0.2) is 0 Å². The summed E-state index contributed by atoms with van der Waals surface area (Å²) < 4.78 is 0. The topological polar surface area (TPSA) is 38.7 Å². The minimum Gasteiger partial charge on any atom is -0.264 e. The Bertz CT molecular complexity index is 1820. The molecule has 0 amide bonds. The van der Waals surface area contributed by atoms with E-state index >= 15 is 0 Å². The number of benzene rings is 4. The maximum Gasteiger partial charge on any atom is 0.0346 e. The Kier molecular flexibility index (Phi) is 11.2. The van der Waals surface area contributed by atoms with Crippen LogP contribution in [0.3, 0.4) is 0 Å². The summed E-state index contributed by atoms with van der Waals surface area (Å²) in [7, 11) is 19.1. The van der Waals surface area contributed by atoms with E-state index in [-0.39, 0.29) is 12.8 Å². The summed E-state index contributed by atoms with van der Waals surface area (Å²) in [4.78, 5) is 12.8. The zero-order valence-corrected chi connectivity index (χ0v) is 27.2. The summed E-state index contributed by atoms with van der Waals surface area (Å²) in [5.74, 6) is 0. The molecule has 0 saturated heterocycles. The predicted molar refractivity (Wildman–Crippen MR) is 216 cm³/mol. The van der Waals surface area contributed by atoms with Gasteiger partial charge in [-0.1, -0.05) is 91.0 Å².